The molecule has 1 heterocycles. The molecule has 0 aliphatic carbocycles. The average molecular weight is 264 g/mol. The molecule has 0 fully saturated rings. The Morgan fingerprint density at radius 1 is 0.950 bits per heavy atom. The lowest BCUT2D eigenvalue weighted by Gasteiger charge is -2.06. The molecular weight excluding hydrogens is 248 g/mol. The minimum atomic E-state index is 0.611. The van der Waals surface area contributed by atoms with Gasteiger partial charge in [0.2, 0.25) is 5.88 Å². The molecule has 0 radical (unpaired) electrons. The van der Waals surface area contributed by atoms with Crippen LogP contribution in [-0.2, 0) is 0 Å². The lowest BCUT2D eigenvalue weighted by molar-refractivity contribution is 0.324. The molecule has 0 amide bonds. The number of para-hydroxylation sites is 1. The fourth-order valence-electron chi connectivity index (χ4n) is 2.16. The predicted octanol–water partition coefficient (Wildman–Crippen LogP) is 3.94. The van der Waals surface area contributed by atoms with Gasteiger partial charge in [0.1, 0.15) is 0 Å². The molecule has 100 valence electrons. The molecule has 0 spiro atoms. The Labute approximate surface area is 118 Å². The lowest BCUT2D eigenvalue weighted by atomic mass is 10.1. The van der Waals surface area contributed by atoms with Crippen LogP contribution in [0, 0.1) is 0 Å². The molecule has 3 rings (SSSR count). The number of aromatic nitrogens is 2. The van der Waals surface area contributed by atoms with Gasteiger partial charge in [-0.3, -0.25) is 0 Å². The van der Waals surface area contributed by atoms with Gasteiger partial charge in [0.25, 0.3) is 0 Å². The van der Waals surface area contributed by atoms with E-state index in [9.17, 15) is 0 Å². The van der Waals surface area contributed by atoms with Crippen molar-refractivity contribution in [3.8, 4) is 22.8 Å². The molecule has 0 N–H and O–H groups in total. The minimum absolute atomic E-state index is 0.611. The fourth-order valence-corrected chi connectivity index (χ4v) is 2.16. The largest absolute Gasteiger partial charge is 0.477 e. The van der Waals surface area contributed by atoms with Crippen molar-refractivity contribution in [2.75, 3.05) is 6.61 Å². The number of hydrogen-bond donors (Lipinski definition) is 0. The number of ether oxygens (including phenoxy) is 1. The van der Waals surface area contributed by atoms with Crippen molar-refractivity contribution in [2.45, 2.75) is 6.92 Å². The average Bonchev–Trinajstić information content (AvgIpc) is 2.93. The first-order valence-electron chi connectivity index (χ1n) is 6.72. The second-order valence-electron chi connectivity index (χ2n) is 4.41. The van der Waals surface area contributed by atoms with Crippen LogP contribution in [-0.4, -0.2) is 16.4 Å². The van der Waals surface area contributed by atoms with Crippen LogP contribution >= 0.6 is 0 Å². The van der Waals surface area contributed by atoms with Crippen molar-refractivity contribution in [3.63, 3.8) is 0 Å². The van der Waals surface area contributed by atoms with Crippen molar-refractivity contribution in [3.05, 3.63) is 66.7 Å². The maximum atomic E-state index is 5.54. The van der Waals surface area contributed by atoms with Crippen LogP contribution in [0.1, 0.15) is 6.92 Å². The summed E-state index contributed by atoms with van der Waals surface area (Å²) < 4.78 is 7.46. The molecule has 0 unspecified atom stereocenters. The van der Waals surface area contributed by atoms with E-state index in [0.29, 0.717) is 12.5 Å². The van der Waals surface area contributed by atoms with E-state index < -0.39 is 0 Å². The summed E-state index contributed by atoms with van der Waals surface area (Å²) >= 11 is 0. The molecule has 0 aliphatic heterocycles. The van der Waals surface area contributed by atoms with E-state index in [-0.39, 0.29) is 0 Å². The third-order valence-electron chi connectivity index (χ3n) is 3.05. The fraction of sp³-hybridized carbons (Fsp3) is 0.118. The highest BCUT2D eigenvalue weighted by atomic mass is 16.5. The minimum Gasteiger partial charge on any atom is -0.477 e. The van der Waals surface area contributed by atoms with E-state index in [4.69, 9.17) is 4.74 Å². The molecule has 3 nitrogen and oxygen atoms in total. The summed E-state index contributed by atoms with van der Waals surface area (Å²) in [4.78, 5) is 0. The summed E-state index contributed by atoms with van der Waals surface area (Å²) in [5.41, 5.74) is 3.17. The normalized spacial score (nSPS) is 10.4. The van der Waals surface area contributed by atoms with Crippen LogP contribution in [0.4, 0.5) is 0 Å². The Kier molecular flexibility index (Phi) is 3.50. The lowest BCUT2D eigenvalue weighted by Crippen LogP contribution is -1.99. The van der Waals surface area contributed by atoms with E-state index in [0.717, 1.165) is 16.9 Å². The van der Waals surface area contributed by atoms with Gasteiger partial charge in [-0.25, -0.2) is 4.68 Å². The highest BCUT2D eigenvalue weighted by molar-refractivity contribution is 5.63. The maximum Gasteiger partial charge on any atom is 0.233 e. The van der Waals surface area contributed by atoms with E-state index in [1.807, 2.05) is 66.2 Å². The molecule has 0 bridgehead atoms. The molecule has 0 aliphatic rings. The topological polar surface area (TPSA) is 27.1 Å². The Morgan fingerprint density at radius 3 is 2.25 bits per heavy atom. The van der Waals surface area contributed by atoms with Gasteiger partial charge in [-0.2, -0.15) is 0 Å². The van der Waals surface area contributed by atoms with Crippen LogP contribution < -0.4 is 4.74 Å². The zero-order valence-electron chi connectivity index (χ0n) is 11.4. The second kappa shape index (κ2) is 5.61. The summed E-state index contributed by atoms with van der Waals surface area (Å²) in [6, 6.07) is 22.3. The number of benzene rings is 2. The first kappa shape index (κ1) is 12.5. The van der Waals surface area contributed by atoms with Crippen molar-refractivity contribution >= 4 is 0 Å². The van der Waals surface area contributed by atoms with Gasteiger partial charge in [0.05, 0.1) is 18.0 Å². The van der Waals surface area contributed by atoms with Crippen molar-refractivity contribution in [1.82, 2.24) is 9.78 Å². The Balaban J connectivity index is 2.13. The predicted molar refractivity (Wildman–Crippen MR) is 80.2 cm³/mol. The SMILES string of the molecule is CCOc1cc(-c2ccccc2)n(-c2ccccc2)n1. The van der Waals surface area contributed by atoms with Crippen molar-refractivity contribution in [1.29, 1.82) is 0 Å². The summed E-state index contributed by atoms with van der Waals surface area (Å²) in [5, 5.41) is 4.54. The molecule has 20 heavy (non-hydrogen) atoms. The summed E-state index contributed by atoms with van der Waals surface area (Å²) in [5.74, 6) is 0.648. The third kappa shape index (κ3) is 2.43. The zero-order chi connectivity index (χ0) is 13.8. The molecule has 3 heteroatoms. The highest BCUT2D eigenvalue weighted by Gasteiger charge is 2.11. The number of nitrogens with zero attached hydrogens (tertiary/aromatic N) is 2. The smallest absolute Gasteiger partial charge is 0.233 e. The van der Waals surface area contributed by atoms with Crippen LogP contribution in [0.5, 0.6) is 5.88 Å². The summed E-state index contributed by atoms with van der Waals surface area (Å²) in [6.45, 7) is 2.57. The molecule has 1 aromatic heterocycles. The number of hydrogen-bond acceptors (Lipinski definition) is 2. The van der Waals surface area contributed by atoms with E-state index in [1.165, 1.54) is 0 Å². The van der Waals surface area contributed by atoms with E-state index in [2.05, 4.69) is 17.2 Å². The van der Waals surface area contributed by atoms with Gasteiger partial charge >= 0.3 is 0 Å². The van der Waals surface area contributed by atoms with Crippen LogP contribution in [0.2, 0.25) is 0 Å². The van der Waals surface area contributed by atoms with Gasteiger partial charge in [0, 0.05) is 11.6 Å². The maximum absolute atomic E-state index is 5.54. The van der Waals surface area contributed by atoms with Gasteiger partial charge < -0.3 is 4.74 Å². The Bertz CT molecular complexity index is 618. The first-order valence-corrected chi connectivity index (χ1v) is 6.72. The summed E-state index contributed by atoms with van der Waals surface area (Å²) in [6.07, 6.45) is 0. The first-order chi connectivity index (χ1) is 9.88. The summed E-state index contributed by atoms with van der Waals surface area (Å²) in [7, 11) is 0. The Hall–Kier alpha value is -2.55. The second-order valence-corrected chi connectivity index (χ2v) is 4.41. The molecule has 0 saturated heterocycles. The van der Waals surface area contributed by atoms with Crippen LogP contribution in [0.3, 0.4) is 0 Å². The molecule has 0 atom stereocenters. The monoisotopic (exact) mass is 264 g/mol. The molecular formula is C17H16N2O. The number of rotatable bonds is 4. The highest BCUT2D eigenvalue weighted by Crippen LogP contribution is 2.26. The van der Waals surface area contributed by atoms with Gasteiger partial charge in [0.15, 0.2) is 0 Å². The van der Waals surface area contributed by atoms with Gasteiger partial charge in [-0.15, -0.1) is 5.10 Å². The van der Waals surface area contributed by atoms with Crippen LogP contribution in [0.25, 0.3) is 16.9 Å². The van der Waals surface area contributed by atoms with E-state index >= 15 is 0 Å². The van der Waals surface area contributed by atoms with Crippen molar-refractivity contribution in [2.24, 2.45) is 0 Å². The molecule has 2 aromatic carbocycles. The standard InChI is InChI=1S/C17H16N2O/c1-2-20-17-13-16(14-9-5-3-6-10-14)19(18-17)15-11-7-4-8-12-15/h3-13H,2H2,1H3. The van der Waals surface area contributed by atoms with Crippen molar-refractivity contribution < 1.29 is 4.74 Å². The van der Waals surface area contributed by atoms with Crippen LogP contribution in [0.15, 0.2) is 66.7 Å². The quantitative estimate of drug-likeness (QED) is 0.713. The van der Waals surface area contributed by atoms with E-state index in [1.54, 1.807) is 0 Å². The third-order valence-corrected chi connectivity index (χ3v) is 3.05. The Morgan fingerprint density at radius 2 is 1.60 bits per heavy atom. The molecule has 0 saturated carbocycles. The van der Waals surface area contributed by atoms with Gasteiger partial charge in [-0.05, 0) is 19.1 Å². The van der Waals surface area contributed by atoms with Gasteiger partial charge in [-0.1, -0.05) is 48.5 Å². The molecule has 3 aromatic rings. The zero-order valence-corrected chi connectivity index (χ0v) is 11.4.